The zero-order valence-corrected chi connectivity index (χ0v) is 11.0. The fourth-order valence-electron chi connectivity index (χ4n) is 1.76. The summed E-state index contributed by atoms with van der Waals surface area (Å²) < 4.78 is 27.7. The largest absolute Gasteiger partial charge is 0.373 e. The maximum Gasteiger partial charge on any atom is 0.150 e. The fraction of sp³-hybridized carbons (Fsp3) is 0.250. The molecule has 1 N–H and O–H groups in total. The van der Waals surface area contributed by atoms with Gasteiger partial charge in [0.1, 0.15) is 17.2 Å². The minimum Gasteiger partial charge on any atom is -0.373 e. The van der Waals surface area contributed by atoms with Crippen LogP contribution >= 0.6 is 15.9 Å². The fourth-order valence-corrected chi connectivity index (χ4v) is 2.18. The van der Waals surface area contributed by atoms with Crippen LogP contribution in [-0.4, -0.2) is 12.0 Å². The Morgan fingerprint density at radius 1 is 1.35 bits per heavy atom. The molecule has 1 aromatic heterocycles. The molecule has 0 saturated carbocycles. The number of halogens is 3. The summed E-state index contributed by atoms with van der Waals surface area (Å²) in [5.41, 5.74) is 0.906. The third-order valence-corrected chi connectivity index (χ3v) is 3.22. The number of nitrogens with one attached hydrogen (secondary N) is 1. The molecule has 0 aliphatic rings. The van der Waals surface area contributed by atoms with Crippen molar-refractivity contribution in [3.8, 4) is 0 Å². The monoisotopic (exact) mass is 300 g/mol. The van der Waals surface area contributed by atoms with Gasteiger partial charge < -0.3 is 5.32 Å². The van der Waals surface area contributed by atoms with E-state index in [1.54, 1.807) is 13.1 Å². The zero-order valence-electron chi connectivity index (χ0n) is 9.44. The van der Waals surface area contributed by atoms with Crippen LogP contribution in [0.1, 0.15) is 12.5 Å². The molecule has 17 heavy (non-hydrogen) atoms. The zero-order chi connectivity index (χ0) is 12.6. The molecule has 2 rings (SSSR count). The van der Waals surface area contributed by atoms with Crippen LogP contribution in [0.5, 0.6) is 0 Å². The molecule has 0 unspecified atom stereocenters. The summed E-state index contributed by atoms with van der Waals surface area (Å²) in [4.78, 5) is 4.12. The molecule has 0 amide bonds. The van der Waals surface area contributed by atoms with Crippen LogP contribution in [0.2, 0.25) is 0 Å². The number of nitrogens with zero attached hydrogens (tertiary/aromatic N) is 1. The number of aryl methyl sites for hydroxylation is 1. The minimum absolute atomic E-state index is 0.0484. The molecule has 0 aliphatic heterocycles. The first-order chi connectivity index (χ1) is 8.08. The predicted molar refractivity (Wildman–Crippen MR) is 68.3 cm³/mol. The van der Waals surface area contributed by atoms with E-state index in [0.29, 0.717) is 12.2 Å². The maximum absolute atomic E-state index is 13.9. The molecule has 2 aromatic rings. The highest BCUT2D eigenvalue weighted by Gasteiger charge is 2.14. The quantitative estimate of drug-likeness (QED) is 0.852. The average molecular weight is 301 g/mol. The molecule has 0 fully saturated rings. The number of rotatable bonds is 2. The van der Waals surface area contributed by atoms with Gasteiger partial charge >= 0.3 is 0 Å². The molecule has 0 saturated heterocycles. The van der Waals surface area contributed by atoms with Gasteiger partial charge in [-0.15, -0.1) is 0 Å². The minimum atomic E-state index is -0.535. The normalized spacial score (nSPS) is 10.9. The number of hydrogen-bond acceptors (Lipinski definition) is 2. The average Bonchev–Trinajstić information content (AvgIpc) is 2.34. The predicted octanol–water partition coefficient (Wildman–Crippen LogP) is 3.88. The van der Waals surface area contributed by atoms with Crippen molar-refractivity contribution in [3.05, 3.63) is 33.8 Å². The van der Waals surface area contributed by atoms with Crippen molar-refractivity contribution < 1.29 is 8.78 Å². The van der Waals surface area contributed by atoms with Crippen molar-refractivity contribution in [2.75, 3.05) is 12.4 Å². The standard InChI is InChI=1S/C12H11BrF2N2/c1-3-6-4-7-10(15)8(13)5-9(14)11(7)17-12(6)16-2/h4-5H,3H2,1-2H3,(H,16,17). The lowest BCUT2D eigenvalue weighted by Crippen LogP contribution is -2.01. The molecular weight excluding hydrogens is 290 g/mol. The molecule has 2 nitrogen and oxygen atoms in total. The lowest BCUT2D eigenvalue weighted by atomic mass is 10.1. The molecule has 0 atom stereocenters. The number of pyridine rings is 1. The van der Waals surface area contributed by atoms with Gasteiger partial charge in [-0.2, -0.15) is 0 Å². The Labute approximate surface area is 106 Å². The summed E-state index contributed by atoms with van der Waals surface area (Å²) in [6, 6.07) is 2.73. The second-order valence-electron chi connectivity index (χ2n) is 3.65. The van der Waals surface area contributed by atoms with Crippen molar-refractivity contribution in [2.45, 2.75) is 13.3 Å². The van der Waals surface area contributed by atoms with Crippen molar-refractivity contribution >= 4 is 32.7 Å². The summed E-state index contributed by atoms with van der Waals surface area (Å²) in [6.45, 7) is 1.94. The van der Waals surface area contributed by atoms with Gasteiger partial charge in [0.2, 0.25) is 0 Å². The Morgan fingerprint density at radius 3 is 2.65 bits per heavy atom. The van der Waals surface area contributed by atoms with E-state index >= 15 is 0 Å². The van der Waals surface area contributed by atoms with Gasteiger partial charge in [-0.05, 0) is 40.0 Å². The number of fused-ring (bicyclic) bond motifs is 1. The van der Waals surface area contributed by atoms with Gasteiger partial charge in [-0.1, -0.05) is 6.92 Å². The van der Waals surface area contributed by atoms with Crippen LogP contribution in [0, 0.1) is 11.6 Å². The van der Waals surface area contributed by atoms with Gasteiger partial charge in [-0.25, -0.2) is 13.8 Å². The first-order valence-electron chi connectivity index (χ1n) is 5.23. The highest BCUT2D eigenvalue weighted by atomic mass is 79.9. The summed E-state index contributed by atoms with van der Waals surface area (Å²) in [6.07, 6.45) is 0.701. The third kappa shape index (κ3) is 1.99. The van der Waals surface area contributed by atoms with E-state index in [9.17, 15) is 8.78 Å². The number of anilines is 1. The van der Waals surface area contributed by atoms with Gasteiger partial charge in [-0.3, -0.25) is 0 Å². The number of benzene rings is 1. The Balaban J connectivity index is 2.87. The summed E-state index contributed by atoms with van der Waals surface area (Å²) in [5.74, 6) is -0.431. The van der Waals surface area contributed by atoms with E-state index in [-0.39, 0.29) is 15.4 Å². The van der Waals surface area contributed by atoms with Gasteiger partial charge in [0.25, 0.3) is 0 Å². The molecule has 1 heterocycles. The first kappa shape index (κ1) is 12.2. The summed E-state index contributed by atoms with van der Waals surface area (Å²) in [5, 5.41) is 3.09. The topological polar surface area (TPSA) is 24.9 Å². The summed E-state index contributed by atoms with van der Waals surface area (Å²) >= 11 is 2.99. The molecule has 0 aliphatic carbocycles. The van der Waals surface area contributed by atoms with Crippen molar-refractivity contribution in [2.24, 2.45) is 0 Å². The van der Waals surface area contributed by atoms with Crippen molar-refractivity contribution in [1.82, 2.24) is 4.98 Å². The van der Waals surface area contributed by atoms with Crippen LogP contribution < -0.4 is 5.32 Å². The van der Waals surface area contributed by atoms with E-state index < -0.39 is 11.6 Å². The molecule has 0 spiro atoms. The lowest BCUT2D eigenvalue weighted by Gasteiger charge is -2.10. The Hall–Kier alpha value is -1.23. The van der Waals surface area contributed by atoms with Crippen molar-refractivity contribution in [3.63, 3.8) is 0 Å². The van der Waals surface area contributed by atoms with E-state index in [1.807, 2.05) is 6.92 Å². The Bertz CT molecular complexity index is 584. The van der Waals surface area contributed by atoms with E-state index in [4.69, 9.17) is 0 Å². The molecule has 0 bridgehead atoms. The van der Waals surface area contributed by atoms with E-state index in [0.717, 1.165) is 11.6 Å². The molecule has 1 aromatic carbocycles. The smallest absolute Gasteiger partial charge is 0.150 e. The van der Waals surface area contributed by atoms with Crippen LogP contribution in [-0.2, 0) is 6.42 Å². The van der Waals surface area contributed by atoms with Crippen LogP contribution in [0.4, 0.5) is 14.6 Å². The Kier molecular flexibility index (Phi) is 3.28. The highest BCUT2D eigenvalue weighted by molar-refractivity contribution is 9.10. The SMILES string of the molecule is CCc1cc2c(F)c(Br)cc(F)c2nc1NC. The second kappa shape index (κ2) is 4.56. The maximum atomic E-state index is 13.9. The molecular formula is C12H11BrF2N2. The molecule has 0 radical (unpaired) electrons. The van der Waals surface area contributed by atoms with E-state index in [2.05, 4.69) is 26.2 Å². The van der Waals surface area contributed by atoms with Crippen molar-refractivity contribution in [1.29, 1.82) is 0 Å². The first-order valence-corrected chi connectivity index (χ1v) is 6.02. The Morgan fingerprint density at radius 2 is 2.06 bits per heavy atom. The number of hydrogen-bond donors (Lipinski definition) is 1. The second-order valence-corrected chi connectivity index (χ2v) is 4.50. The van der Waals surface area contributed by atoms with Crippen LogP contribution in [0.15, 0.2) is 16.6 Å². The van der Waals surface area contributed by atoms with E-state index in [1.165, 1.54) is 0 Å². The van der Waals surface area contributed by atoms with Gasteiger partial charge in [0, 0.05) is 12.4 Å². The van der Waals surface area contributed by atoms with Crippen LogP contribution in [0.3, 0.4) is 0 Å². The van der Waals surface area contributed by atoms with Crippen LogP contribution in [0.25, 0.3) is 10.9 Å². The van der Waals surface area contributed by atoms with Gasteiger partial charge in [0.05, 0.1) is 4.47 Å². The number of aromatic nitrogens is 1. The van der Waals surface area contributed by atoms with Gasteiger partial charge in [0.15, 0.2) is 5.82 Å². The highest BCUT2D eigenvalue weighted by Crippen LogP contribution is 2.29. The lowest BCUT2D eigenvalue weighted by molar-refractivity contribution is 0.610. The summed E-state index contributed by atoms with van der Waals surface area (Å²) in [7, 11) is 1.71. The molecule has 5 heteroatoms. The molecule has 90 valence electrons. The third-order valence-electron chi connectivity index (χ3n) is 2.64.